The standard InChI is InChI=1S/C7H11FO4S/c8-13(10,11)5-7(9)6-1-3-12-4-2-6/h6H,1-5H2. The zero-order valence-electron chi connectivity index (χ0n) is 7.03. The summed E-state index contributed by atoms with van der Waals surface area (Å²) < 4.78 is 37.4. The van der Waals surface area contributed by atoms with Crippen LogP contribution in [0.3, 0.4) is 0 Å². The van der Waals surface area contributed by atoms with E-state index < -0.39 is 21.8 Å². The van der Waals surface area contributed by atoms with Gasteiger partial charge in [0, 0.05) is 19.1 Å². The van der Waals surface area contributed by atoms with Gasteiger partial charge in [0.15, 0.2) is 5.78 Å². The van der Waals surface area contributed by atoms with Gasteiger partial charge in [0.2, 0.25) is 0 Å². The van der Waals surface area contributed by atoms with E-state index in [1.807, 2.05) is 0 Å². The minimum Gasteiger partial charge on any atom is -0.381 e. The molecule has 0 aliphatic carbocycles. The Morgan fingerprint density at radius 2 is 1.92 bits per heavy atom. The second-order valence-corrected chi connectivity index (χ2v) is 4.40. The summed E-state index contributed by atoms with van der Waals surface area (Å²) in [5.74, 6) is -1.87. The number of hydrogen-bond acceptors (Lipinski definition) is 4. The third-order valence-electron chi connectivity index (χ3n) is 1.99. The molecule has 1 rings (SSSR count). The van der Waals surface area contributed by atoms with E-state index in [1.54, 1.807) is 0 Å². The Kier molecular flexibility index (Phi) is 3.38. The van der Waals surface area contributed by atoms with Crippen LogP contribution in [0.4, 0.5) is 3.89 Å². The number of rotatable bonds is 3. The highest BCUT2D eigenvalue weighted by atomic mass is 32.3. The average Bonchev–Trinajstić information content (AvgIpc) is 2.03. The highest BCUT2D eigenvalue weighted by Gasteiger charge is 2.25. The fourth-order valence-corrected chi connectivity index (χ4v) is 1.88. The topological polar surface area (TPSA) is 60.4 Å². The van der Waals surface area contributed by atoms with Crippen molar-refractivity contribution in [1.82, 2.24) is 0 Å². The van der Waals surface area contributed by atoms with Crippen LogP contribution < -0.4 is 0 Å². The summed E-state index contributed by atoms with van der Waals surface area (Å²) in [5.41, 5.74) is 0. The molecule has 0 unspecified atom stereocenters. The monoisotopic (exact) mass is 210 g/mol. The number of hydrogen-bond donors (Lipinski definition) is 0. The predicted octanol–water partition coefficient (Wildman–Crippen LogP) is 0.281. The van der Waals surface area contributed by atoms with E-state index in [9.17, 15) is 17.1 Å². The summed E-state index contributed by atoms with van der Waals surface area (Å²) in [7, 11) is -4.66. The quantitative estimate of drug-likeness (QED) is 0.628. The molecule has 0 radical (unpaired) electrons. The molecule has 0 bridgehead atoms. The lowest BCUT2D eigenvalue weighted by atomic mass is 9.96. The SMILES string of the molecule is O=C(CS(=O)(=O)F)C1CCOCC1. The summed E-state index contributed by atoms with van der Waals surface area (Å²) in [5, 5.41) is 0. The second-order valence-electron chi connectivity index (χ2n) is 3.04. The maximum Gasteiger partial charge on any atom is 0.309 e. The number of carbonyl (C=O) groups excluding carboxylic acids is 1. The Hall–Kier alpha value is -0.490. The molecule has 0 amide bonds. The van der Waals surface area contributed by atoms with Crippen LogP contribution in [0.1, 0.15) is 12.8 Å². The summed E-state index contributed by atoms with van der Waals surface area (Å²) in [6.07, 6.45) is 0.989. The van der Waals surface area contributed by atoms with Gasteiger partial charge in [-0.05, 0) is 12.8 Å². The Morgan fingerprint density at radius 3 is 2.38 bits per heavy atom. The van der Waals surface area contributed by atoms with Crippen molar-refractivity contribution in [3.05, 3.63) is 0 Å². The van der Waals surface area contributed by atoms with Crippen molar-refractivity contribution >= 4 is 16.0 Å². The van der Waals surface area contributed by atoms with Gasteiger partial charge in [0.25, 0.3) is 0 Å². The fraction of sp³-hybridized carbons (Fsp3) is 0.857. The largest absolute Gasteiger partial charge is 0.381 e. The van der Waals surface area contributed by atoms with E-state index in [1.165, 1.54) is 0 Å². The number of ether oxygens (including phenoxy) is 1. The van der Waals surface area contributed by atoms with Crippen molar-refractivity contribution in [3.8, 4) is 0 Å². The van der Waals surface area contributed by atoms with Crippen molar-refractivity contribution in [3.63, 3.8) is 0 Å². The van der Waals surface area contributed by atoms with Gasteiger partial charge in [-0.15, -0.1) is 3.89 Å². The van der Waals surface area contributed by atoms with E-state index in [0.717, 1.165) is 0 Å². The summed E-state index contributed by atoms with van der Waals surface area (Å²) in [6, 6.07) is 0. The van der Waals surface area contributed by atoms with Crippen LogP contribution in [0.5, 0.6) is 0 Å². The third-order valence-corrected chi connectivity index (χ3v) is 2.62. The maximum atomic E-state index is 12.1. The molecule has 1 fully saturated rings. The van der Waals surface area contributed by atoms with Crippen LogP contribution in [-0.2, 0) is 19.8 Å². The number of carbonyl (C=O) groups is 1. The smallest absolute Gasteiger partial charge is 0.309 e. The highest BCUT2D eigenvalue weighted by Crippen LogP contribution is 2.16. The summed E-state index contributed by atoms with van der Waals surface area (Å²) >= 11 is 0. The highest BCUT2D eigenvalue weighted by molar-refractivity contribution is 7.87. The summed E-state index contributed by atoms with van der Waals surface area (Å²) in [4.78, 5) is 11.1. The first-order chi connectivity index (χ1) is 5.99. The fourth-order valence-electron chi connectivity index (χ4n) is 1.31. The molecule has 0 N–H and O–H groups in total. The van der Waals surface area contributed by atoms with E-state index >= 15 is 0 Å². The first-order valence-electron chi connectivity index (χ1n) is 4.02. The predicted molar refractivity (Wildman–Crippen MR) is 43.4 cm³/mol. The van der Waals surface area contributed by atoms with Gasteiger partial charge in [-0.1, -0.05) is 0 Å². The van der Waals surface area contributed by atoms with Gasteiger partial charge in [-0.2, -0.15) is 8.42 Å². The average molecular weight is 210 g/mol. The van der Waals surface area contributed by atoms with E-state index in [4.69, 9.17) is 4.74 Å². The molecular weight excluding hydrogens is 199 g/mol. The van der Waals surface area contributed by atoms with Gasteiger partial charge >= 0.3 is 10.2 Å². The zero-order valence-corrected chi connectivity index (χ0v) is 7.85. The van der Waals surface area contributed by atoms with Gasteiger partial charge in [0.1, 0.15) is 5.75 Å². The Morgan fingerprint density at radius 1 is 1.38 bits per heavy atom. The molecule has 0 aromatic rings. The first-order valence-corrected chi connectivity index (χ1v) is 5.57. The van der Waals surface area contributed by atoms with Crippen molar-refractivity contribution < 1.29 is 21.8 Å². The van der Waals surface area contributed by atoms with Gasteiger partial charge in [-0.25, -0.2) is 0 Å². The van der Waals surface area contributed by atoms with E-state index in [0.29, 0.717) is 26.1 Å². The Balaban J connectivity index is 2.47. The molecule has 0 aromatic heterocycles. The molecule has 1 heterocycles. The van der Waals surface area contributed by atoms with E-state index in [2.05, 4.69) is 0 Å². The molecule has 1 aliphatic heterocycles. The minimum atomic E-state index is -4.66. The first kappa shape index (κ1) is 10.6. The van der Waals surface area contributed by atoms with Crippen LogP contribution in [0.25, 0.3) is 0 Å². The molecule has 0 spiro atoms. The molecule has 0 saturated carbocycles. The Labute approximate surface area is 76.3 Å². The summed E-state index contributed by atoms with van der Waals surface area (Å²) in [6.45, 7) is 0.894. The molecule has 1 saturated heterocycles. The van der Waals surface area contributed by atoms with Crippen molar-refractivity contribution in [1.29, 1.82) is 0 Å². The van der Waals surface area contributed by atoms with Crippen molar-refractivity contribution in [2.45, 2.75) is 12.8 Å². The molecule has 6 heteroatoms. The Bertz CT molecular complexity index is 279. The number of Topliss-reactive ketones (excluding diaryl/α,β-unsaturated/α-hetero) is 1. The number of halogens is 1. The molecule has 4 nitrogen and oxygen atoms in total. The molecule has 13 heavy (non-hydrogen) atoms. The van der Waals surface area contributed by atoms with Crippen LogP contribution >= 0.6 is 0 Å². The molecule has 0 aromatic carbocycles. The zero-order chi connectivity index (χ0) is 9.90. The van der Waals surface area contributed by atoms with Crippen LogP contribution in [0.2, 0.25) is 0 Å². The normalized spacial score (nSPS) is 20.1. The van der Waals surface area contributed by atoms with Gasteiger partial charge in [0.05, 0.1) is 0 Å². The van der Waals surface area contributed by atoms with Gasteiger partial charge < -0.3 is 4.74 Å². The van der Waals surface area contributed by atoms with Crippen molar-refractivity contribution in [2.24, 2.45) is 5.92 Å². The number of ketones is 1. The van der Waals surface area contributed by atoms with Crippen LogP contribution in [-0.4, -0.2) is 33.2 Å². The lowest BCUT2D eigenvalue weighted by Crippen LogP contribution is -2.27. The van der Waals surface area contributed by atoms with E-state index in [-0.39, 0.29) is 5.92 Å². The lowest BCUT2D eigenvalue weighted by Gasteiger charge is -2.19. The lowest BCUT2D eigenvalue weighted by molar-refractivity contribution is -0.123. The minimum absolute atomic E-state index is 0.348. The van der Waals surface area contributed by atoms with Crippen LogP contribution in [0, 0.1) is 5.92 Å². The van der Waals surface area contributed by atoms with Gasteiger partial charge in [-0.3, -0.25) is 4.79 Å². The molecule has 76 valence electrons. The maximum absolute atomic E-state index is 12.1. The molecule has 0 atom stereocenters. The third kappa shape index (κ3) is 3.82. The molecular formula is C7H11FO4S. The van der Waals surface area contributed by atoms with Crippen molar-refractivity contribution in [2.75, 3.05) is 19.0 Å². The molecule has 1 aliphatic rings. The second kappa shape index (κ2) is 4.15. The van der Waals surface area contributed by atoms with Crippen LogP contribution in [0.15, 0.2) is 0 Å².